The number of nitrogens with one attached hydrogen (secondary N) is 2. The number of unbranched alkanes of at least 4 members (excludes halogenated alkanes) is 1. The van der Waals surface area contributed by atoms with Crippen LogP contribution in [0.4, 0.5) is 0 Å². The Kier molecular flexibility index (Phi) is 5.26. The lowest BCUT2D eigenvalue weighted by atomic mass is 10.2. The molecule has 3 heteroatoms. The van der Waals surface area contributed by atoms with Gasteiger partial charge in [0.2, 0.25) is 0 Å². The van der Waals surface area contributed by atoms with Crippen LogP contribution in [0.3, 0.4) is 0 Å². The van der Waals surface area contributed by atoms with E-state index in [1.54, 1.807) is 0 Å². The summed E-state index contributed by atoms with van der Waals surface area (Å²) in [6.45, 7) is 7.28. The van der Waals surface area contributed by atoms with E-state index < -0.39 is 0 Å². The molecular weight excluding hydrogens is 224 g/mol. The van der Waals surface area contributed by atoms with E-state index in [-0.39, 0.29) is 0 Å². The highest BCUT2D eigenvalue weighted by atomic mass is 16.3. The molecule has 0 saturated heterocycles. The monoisotopic (exact) mass is 250 g/mol. The molecule has 1 aromatic heterocycles. The molecule has 0 unspecified atom stereocenters. The second-order valence-electron chi connectivity index (χ2n) is 5.26. The van der Waals surface area contributed by atoms with Crippen LogP contribution < -0.4 is 10.6 Å². The van der Waals surface area contributed by atoms with Crippen LogP contribution in [0.2, 0.25) is 0 Å². The first kappa shape index (κ1) is 13.6. The van der Waals surface area contributed by atoms with Gasteiger partial charge in [-0.3, -0.25) is 0 Å². The summed E-state index contributed by atoms with van der Waals surface area (Å²) in [6, 6.07) is 3.05. The number of hydrogen-bond donors (Lipinski definition) is 2. The number of furan rings is 1. The van der Waals surface area contributed by atoms with Gasteiger partial charge in [0.05, 0.1) is 0 Å². The van der Waals surface area contributed by atoms with Gasteiger partial charge in [-0.15, -0.1) is 0 Å². The zero-order valence-corrected chi connectivity index (χ0v) is 11.7. The Balaban J connectivity index is 1.64. The molecule has 0 amide bonds. The van der Waals surface area contributed by atoms with Gasteiger partial charge in [-0.05, 0) is 51.8 Å². The van der Waals surface area contributed by atoms with Gasteiger partial charge in [-0.1, -0.05) is 6.92 Å². The smallest absolute Gasteiger partial charge is 0.105 e. The van der Waals surface area contributed by atoms with Crippen molar-refractivity contribution in [3.63, 3.8) is 0 Å². The summed E-state index contributed by atoms with van der Waals surface area (Å²) in [5, 5.41) is 6.89. The molecule has 2 N–H and O–H groups in total. The molecule has 1 saturated carbocycles. The second kappa shape index (κ2) is 6.95. The van der Waals surface area contributed by atoms with Crippen LogP contribution >= 0.6 is 0 Å². The SMILES string of the molecule is CCNCc1cc(CCCCNC2CC2)oc1C. The van der Waals surface area contributed by atoms with Crippen molar-refractivity contribution < 1.29 is 4.42 Å². The number of rotatable bonds is 9. The van der Waals surface area contributed by atoms with Gasteiger partial charge in [0, 0.05) is 24.6 Å². The van der Waals surface area contributed by atoms with Crippen LogP contribution in [-0.2, 0) is 13.0 Å². The van der Waals surface area contributed by atoms with Crippen molar-refractivity contribution in [3.8, 4) is 0 Å². The highest BCUT2D eigenvalue weighted by molar-refractivity contribution is 5.20. The molecule has 1 aliphatic carbocycles. The molecule has 0 aliphatic heterocycles. The first-order valence-corrected chi connectivity index (χ1v) is 7.32. The number of aryl methyl sites for hydroxylation is 2. The van der Waals surface area contributed by atoms with E-state index in [1.807, 2.05) is 0 Å². The maximum atomic E-state index is 5.79. The van der Waals surface area contributed by atoms with Crippen molar-refractivity contribution in [2.75, 3.05) is 13.1 Å². The van der Waals surface area contributed by atoms with E-state index >= 15 is 0 Å². The van der Waals surface area contributed by atoms with Crippen LogP contribution in [0.1, 0.15) is 49.7 Å². The average Bonchev–Trinajstić information content (AvgIpc) is 3.11. The fraction of sp³-hybridized carbons (Fsp3) is 0.733. The Morgan fingerprint density at radius 2 is 2.17 bits per heavy atom. The predicted molar refractivity (Wildman–Crippen MR) is 74.8 cm³/mol. The summed E-state index contributed by atoms with van der Waals surface area (Å²) >= 11 is 0. The molecule has 102 valence electrons. The molecule has 1 heterocycles. The normalized spacial score (nSPS) is 15.2. The Hall–Kier alpha value is -0.800. The molecule has 2 rings (SSSR count). The molecule has 18 heavy (non-hydrogen) atoms. The largest absolute Gasteiger partial charge is 0.466 e. The summed E-state index contributed by atoms with van der Waals surface area (Å²) in [6.07, 6.45) is 6.29. The Bertz CT molecular complexity index is 355. The lowest BCUT2D eigenvalue weighted by Gasteiger charge is -2.01. The summed E-state index contributed by atoms with van der Waals surface area (Å²) in [7, 11) is 0. The van der Waals surface area contributed by atoms with Gasteiger partial charge in [-0.25, -0.2) is 0 Å². The van der Waals surface area contributed by atoms with Crippen LogP contribution in [0, 0.1) is 6.92 Å². The zero-order valence-electron chi connectivity index (χ0n) is 11.7. The second-order valence-corrected chi connectivity index (χ2v) is 5.26. The number of hydrogen-bond acceptors (Lipinski definition) is 3. The van der Waals surface area contributed by atoms with Crippen molar-refractivity contribution in [2.24, 2.45) is 0 Å². The third-order valence-electron chi connectivity index (χ3n) is 3.50. The molecule has 1 aliphatic rings. The molecule has 1 aromatic rings. The van der Waals surface area contributed by atoms with Gasteiger partial charge in [0.1, 0.15) is 11.5 Å². The highest BCUT2D eigenvalue weighted by Gasteiger charge is 2.19. The molecule has 0 aromatic carbocycles. The van der Waals surface area contributed by atoms with Gasteiger partial charge < -0.3 is 15.1 Å². The van der Waals surface area contributed by atoms with E-state index in [0.717, 1.165) is 43.6 Å². The minimum atomic E-state index is 0.836. The van der Waals surface area contributed by atoms with E-state index in [2.05, 4.69) is 30.5 Å². The van der Waals surface area contributed by atoms with Crippen molar-refractivity contribution in [1.82, 2.24) is 10.6 Å². The molecule has 1 fully saturated rings. The first-order chi connectivity index (χ1) is 8.79. The molecule has 0 radical (unpaired) electrons. The summed E-state index contributed by atoms with van der Waals surface area (Å²) < 4.78 is 5.79. The predicted octanol–water partition coefficient (Wildman–Crippen LogP) is 2.77. The quantitative estimate of drug-likeness (QED) is 0.662. The maximum absolute atomic E-state index is 5.79. The third-order valence-corrected chi connectivity index (χ3v) is 3.50. The lowest BCUT2D eigenvalue weighted by molar-refractivity contribution is 0.468. The lowest BCUT2D eigenvalue weighted by Crippen LogP contribution is -2.17. The summed E-state index contributed by atoms with van der Waals surface area (Å²) in [4.78, 5) is 0. The van der Waals surface area contributed by atoms with Crippen LogP contribution in [0.5, 0.6) is 0 Å². The molecular formula is C15H26N2O. The van der Waals surface area contributed by atoms with E-state index in [9.17, 15) is 0 Å². The van der Waals surface area contributed by atoms with Crippen molar-refractivity contribution in [3.05, 3.63) is 23.2 Å². The van der Waals surface area contributed by atoms with Crippen LogP contribution in [-0.4, -0.2) is 19.1 Å². The summed E-state index contributed by atoms with van der Waals surface area (Å²) in [5.74, 6) is 2.22. The average molecular weight is 250 g/mol. The van der Waals surface area contributed by atoms with Crippen molar-refractivity contribution in [2.45, 2.75) is 58.5 Å². The van der Waals surface area contributed by atoms with Gasteiger partial charge in [0.15, 0.2) is 0 Å². The van der Waals surface area contributed by atoms with E-state index in [0.29, 0.717) is 0 Å². The first-order valence-electron chi connectivity index (χ1n) is 7.32. The standard InChI is InChI=1S/C15H26N2O/c1-3-16-11-13-10-15(18-12(13)2)6-4-5-9-17-14-7-8-14/h10,14,16-17H,3-9,11H2,1-2H3. The molecule has 0 bridgehead atoms. The van der Waals surface area contributed by atoms with E-state index in [1.165, 1.54) is 31.2 Å². The minimum absolute atomic E-state index is 0.836. The topological polar surface area (TPSA) is 37.2 Å². The van der Waals surface area contributed by atoms with Crippen molar-refractivity contribution in [1.29, 1.82) is 0 Å². The van der Waals surface area contributed by atoms with E-state index in [4.69, 9.17) is 4.42 Å². The third kappa shape index (κ3) is 4.46. The van der Waals surface area contributed by atoms with Crippen LogP contribution in [0.15, 0.2) is 10.5 Å². The van der Waals surface area contributed by atoms with Gasteiger partial charge in [0.25, 0.3) is 0 Å². The Labute approximate surface area is 110 Å². The Morgan fingerprint density at radius 3 is 2.89 bits per heavy atom. The van der Waals surface area contributed by atoms with Crippen molar-refractivity contribution >= 4 is 0 Å². The molecule has 3 nitrogen and oxygen atoms in total. The Morgan fingerprint density at radius 1 is 1.33 bits per heavy atom. The zero-order chi connectivity index (χ0) is 12.8. The summed E-state index contributed by atoms with van der Waals surface area (Å²) in [5.41, 5.74) is 1.31. The maximum Gasteiger partial charge on any atom is 0.105 e. The van der Waals surface area contributed by atoms with Gasteiger partial charge in [-0.2, -0.15) is 0 Å². The fourth-order valence-electron chi connectivity index (χ4n) is 2.16. The minimum Gasteiger partial charge on any atom is -0.466 e. The van der Waals surface area contributed by atoms with Crippen LogP contribution in [0.25, 0.3) is 0 Å². The van der Waals surface area contributed by atoms with Gasteiger partial charge >= 0.3 is 0 Å². The fourth-order valence-corrected chi connectivity index (χ4v) is 2.16. The molecule has 0 atom stereocenters. The highest BCUT2D eigenvalue weighted by Crippen LogP contribution is 2.19. The molecule has 0 spiro atoms.